The van der Waals surface area contributed by atoms with E-state index in [9.17, 15) is 9.59 Å². The number of aryl methyl sites for hydroxylation is 4. The topological polar surface area (TPSA) is 101 Å². The van der Waals surface area contributed by atoms with Crippen molar-refractivity contribution in [3.8, 4) is 11.5 Å². The first-order chi connectivity index (χ1) is 17.3. The van der Waals surface area contributed by atoms with E-state index in [2.05, 4.69) is 21.1 Å². The van der Waals surface area contributed by atoms with Crippen molar-refractivity contribution >= 4 is 24.2 Å². The zero-order valence-electron chi connectivity index (χ0n) is 20.9. The first kappa shape index (κ1) is 26.2. The Labute approximate surface area is 211 Å². The van der Waals surface area contributed by atoms with Crippen LogP contribution < -0.4 is 20.3 Å². The Kier molecular flexibility index (Phi) is 9.33. The minimum Gasteiger partial charge on any atom is -0.483 e. The molecule has 3 aromatic rings. The van der Waals surface area contributed by atoms with E-state index in [-0.39, 0.29) is 25.0 Å². The monoisotopic (exact) mass is 486 g/mol. The van der Waals surface area contributed by atoms with Crippen LogP contribution in [0, 0.1) is 27.7 Å². The van der Waals surface area contributed by atoms with Gasteiger partial charge < -0.3 is 9.47 Å². The fraction of sp³-hybridized carbons (Fsp3) is 0.214. The van der Waals surface area contributed by atoms with E-state index in [1.807, 2.05) is 88.4 Å². The summed E-state index contributed by atoms with van der Waals surface area (Å²) in [6, 6.07) is 18.8. The first-order valence-corrected chi connectivity index (χ1v) is 11.4. The number of hydrogen-bond acceptors (Lipinski definition) is 6. The summed E-state index contributed by atoms with van der Waals surface area (Å²) < 4.78 is 11.1. The molecule has 0 atom stereocenters. The normalized spacial score (nSPS) is 11.0. The van der Waals surface area contributed by atoms with Crippen molar-refractivity contribution in [2.75, 3.05) is 13.2 Å². The second-order valence-corrected chi connectivity index (χ2v) is 8.37. The Morgan fingerprint density at radius 3 is 1.42 bits per heavy atom. The van der Waals surface area contributed by atoms with Gasteiger partial charge in [0.15, 0.2) is 13.2 Å². The molecule has 3 aromatic carbocycles. The molecule has 0 aliphatic carbocycles. The molecule has 2 N–H and O–H groups in total. The zero-order valence-corrected chi connectivity index (χ0v) is 20.9. The lowest BCUT2D eigenvalue weighted by atomic mass is 10.1. The molecule has 0 saturated carbocycles. The van der Waals surface area contributed by atoms with Crippen LogP contribution in [0.15, 0.2) is 70.9 Å². The third kappa shape index (κ3) is 8.39. The maximum Gasteiger partial charge on any atom is 0.277 e. The number of rotatable bonds is 10. The van der Waals surface area contributed by atoms with E-state index >= 15 is 0 Å². The van der Waals surface area contributed by atoms with Gasteiger partial charge in [-0.05, 0) is 62.1 Å². The van der Waals surface area contributed by atoms with Gasteiger partial charge in [0.2, 0.25) is 0 Å². The van der Waals surface area contributed by atoms with Crippen molar-refractivity contribution in [1.82, 2.24) is 10.9 Å². The summed E-state index contributed by atoms with van der Waals surface area (Å²) in [6.45, 7) is 7.61. The Bertz CT molecular complexity index is 1170. The van der Waals surface area contributed by atoms with E-state index in [1.54, 1.807) is 0 Å². The van der Waals surface area contributed by atoms with Gasteiger partial charge in [-0.3, -0.25) is 9.59 Å². The lowest BCUT2D eigenvalue weighted by molar-refractivity contribution is -0.123. The molecule has 0 spiro atoms. The van der Waals surface area contributed by atoms with Crippen molar-refractivity contribution in [2.24, 2.45) is 10.2 Å². The van der Waals surface area contributed by atoms with Crippen molar-refractivity contribution in [1.29, 1.82) is 0 Å². The molecule has 0 aliphatic rings. The molecule has 8 nitrogen and oxygen atoms in total. The highest BCUT2D eigenvalue weighted by molar-refractivity contribution is 5.86. The summed E-state index contributed by atoms with van der Waals surface area (Å²) >= 11 is 0. The Morgan fingerprint density at radius 1 is 0.667 bits per heavy atom. The standard InChI is InChI=1S/C28H30N4O4/c1-19-5-11-25(21(3)13-19)35-17-27(33)31-29-15-23-7-9-24(10-8-23)16-30-32-28(34)18-36-26-12-6-20(2)14-22(26)4/h5-16H,17-18H2,1-4H3,(H,31,33)(H,32,34). The van der Waals surface area contributed by atoms with Crippen LogP contribution in [0.3, 0.4) is 0 Å². The number of ether oxygens (including phenoxy) is 2. The number of amides is 2. The van der Waals surface area contributed by atoms with E-state index < -0.39 is 0 Å². The number of benzene rings is 3. The summed E-state index contributed by atoms with van der Waals surface area (Å²) in [6.07, 6.45) is 3.06. The molecule has 8 heteroatoms. The third-order valence-electron chi connectivity index (χ3n) is 5.12. The van der Waals surface area contributed by atoms with Gasteiger partial charge in [0.1, 0.15) is 11.5 Å². The molecule has 36 heavy (non-hydrogen) atoms. The van der Waals surface area contributed by atoms with Gasteiger partial charge in [-0.2, -0.15) is 10.2 Å². The van der Waals surface area contributed by atoms with Crippen LogP contribution in [-0.2, 0) is 9.59 Å². The summed E-state index contributed by atoms with van der Waals surface area (Å²) in [5.74, 6) is 0.628. The molecule has 0 bridgehead atoms. The molecular weight excluding hydrogens is 456 g/mol. The van der Waals surface area contributed by atoms with Gasteiger partial charge in [0.05, 0.1) is 12.4 Å². The molecule has 2 amide bonds. The second-order valence-electron chi connectivity index (χ2n) is 8.37. The first-order valence-electron chi connectivity index (χ1n) is 11.4. The fourth-order valence-corrected chi connectivity index (χ4v) is 3.30. The highest BCUT2D eigenvalue weighted by atomic mass is 16.5. The molecule has 0 unspecified atom stereocenters. The average molecular weight is 487 g/mol. The fourth-order valence-electron chi connectivity index (χ4n) is 3.30. The lowest BCUT2D eigenvalue weighted by Gasteiger charge is -2.08. The van der Waals surface area contributed by atoms with Crippen LogP contribution in [-0.4, -0.2) is 37.5 Å². The Balaban J connectivity index is 1.39. The van der Waals surface area contributed by atoms with Crippen LogP contribution in [0.1, 0.15) is 33.4 Å². The predicted molar refractivity (Wildman–Crippen MR) is 141 cm³/mol. The quantitative estimate of drug-likeness (QED) is 0.334. The van der Waals surface area contributed by atoms with E-state index in [0.29, 0.717) is 11.5 Å². The number of carbonyl (C=O) groups excluding carboxylic acids is 2. The van der Waals surface area contributed by atoms with Crippen LogP contribution in [0.2, 0.25) is 0 Å². The highest BCUT2D eigenvalue weighted by Crippen LogP contribution is 2.19. The summed E-state index contributed by atoms with van der Waals surface area (Å²) in [7, 11) is 0. The molecular formula is C28H30N4O4. The van der Waals surface area contributed by atoms with Gasteiger partial charge in [-0.1, -0.05) is 59.7 Å². The SMILES string of the molecule is Cc1ccc(OCC(=O)NN=Cc2ccc(C=NNC(=O)COc3ccc(C)cc3C)cc2)c(C)c1. The molecule has 0 aromatic heterocycles. The minimum atomic E-state index is -0.354. The van der Waals surface area contributed by atoms with Crippen molar-refractivity contribution in [3.63, 3.8) is 0 Å². The van der Waals surface area contributed by atoms with Crippen LogP contribution in [0.25, 0.3) is 0 Å². The van der Waals surface area contributed by atoms with Gasteiger partial charge in [0.25, 0.3) is 11.8 Å². The van der Waals surface area contributed by atoms with E-state index in [0.717, 1.165) is 33.4 Å². The van der Waals surface area contributed by atoms with Crippen molar-refractivity contribution in [2.45, 2.75) is 27.7 Å². The minimum absolute atomic E-state index is 0.127. The van der Waals surface area contributed by atoms with Gasteiger partial charge in [0, 0.05) is 0 Å². The van der Waals surface area contributed by atoms with E-state index in [1.165, 1.54) is 12.4 Å². The molecule has 0 saturated heterocycles. The van der Waals surface area contributed by atoms with Gasteiger partial charge >= 0.3 is 0 Å². The zero-order chi connectivity index (χ0) is 25.9. The van der Waals surface area contributed by atoms with Crippen molar-refractivity contribution in [3.05, 3.63) is 94.0 Å². The molecule has 0 heterocycles. The smallest absolute Gasteiger partial charge is 0.277 e. The van der Waals surface area contributed by atoms with Gasteiger partial charge in [-0.15, -0.1) is 0 Å². The van der Waals surface area contributed by atoms with Crippen LogP contribution in [0.5, 0.6) is 11.5 Å². The molecule has 186 valence electrons. The Morgan fingerprint density at radius 2 is 1.06 bits per heavy atom. The van der Waals surface area contributed by atoms with Crippen LogP contribution >= 0.6 is 0 Å². The largest absolute Gasteiger partial charge is 0.483 e. The Hall–Kier alpha value is -4.46. The second kappa shape index (κ2) is 12.9. The number of nitrogens with zero attached hydrogens (tertiary/aromatic N) is 2. The van der Waals surface area contributed by atoms with Gasteiger partial charge in [-0.25, -0.2) is 10.9 Å². The molecule has 3 rings (SSSR count). The number of nitrogens with one attached hydrogen (secondary N) is 2. The maximum absolute atomic E-state index is 12.0. The van der Waals surface area contributed by atoms with Crippen LogP contribution in [0.4, 0.5) is 0 Å². The highest BCUT2D eigenvalue weighted by Gasteiger charge is 2.05. The lowest BCUT2D eigenvalue weighted by Crippen LogP contribution is -2.24. The molecule has 0 fully saturated rings. The number of hydrogen-bond donors (Lipinski definition) is 2. The summed E-state index contributed by atoms with van der Waals surface area (Å²) in [4.78, 5) is 23.9. The summed E-state index contributed by atoms with van der Waals surface area (Å²) in [5.41, 5.74) is 10.7. The molecule has 0 aliphatic heterocycles. The number of hydrazone groups is 2. The number of carbonyl (C=O) groups is 2. The molecule has 0 radical (unpaired) electrons. The third-order valence-corrected chi connectivity index (χ3v) is 5.12. The van der Waals surface area contributed by atoms with Crippen molar-refractivity contribution < 1.29 is 19.1 Å². The average Bonchev–Trinajstić information content (AvgIpc) is 2.84. The summed E-state index contributed by atoms with van der Waals surface area (Å²) in [5, 5.41) is 7.91. The predicted octanol–water partition coefficient (Wildman–Crippen LogP) is 3.98. The maximum atomic E-state index is 12.0. The van der Waals surface area contributed by atoms with E-state index in [4.69, 9.17) is 9.47 Å².